The van der Waals surface area contributed by atoms with Crippen LogP contribution in [0, 0.1) is 5.92 Å². The number of carbonyl (C=O) groups excluding carboxylic acids is 2. The van der Waals surface area contributed by atoms with Gasteiger partial charge in [-0.1, -0.05) is 6.92 Å². The number of nitrogens with zero attached hydrogens (tertiary/aromatic N) is 4. The molecule has 1 saturated heterocycles. The molecule has 1 aliphatic rings. The Morgan fingerprint density at radius 1 is 1.22 bits per heavy atom. The van der Waals surface area contributed by atoms with E-state index >= 15 is 0 Å². The summed E-state index contributed by atoms with van der Waals surface area (Å²) in [6.45, 7) is 2.14. The fourth-order valence-corrected chi connectivity index (χ4v) is 3.87. The first kappa shape index (κ1) is 21.5. The zero-order valence-electron chi connectivity index (χ0n) is 17.0. The van der Waals surface area contributed by atoms with Crippen LogP contribution in [0.1, 0.15) is 36.9 Å². The lowest BCUT2D eigenvalue weighted by Crippen LogP contribution is -2.46. The number of hydrogen-bond acceptors (Lipinski definition) is 6. The molecule has 0 spiro atoms. The Balaban J connectivity index is 1.60. The molecular formula is C20H20F3N7O2. The third-order valence-electron chi connectivity index (χ3n) is 5.51. The lowest BCUT2D eigenvalue weighted by Gasteiger charge is -2.38. The standard InChI is InChI=1S/C20H20F3N7O2/c1-10-2-3-15(11-4-12(6-25-5-11)20(21,22)23)30(9-10)19(32)18(31)28-14-8-26-17(24)13-7-27-29-16(13)14/h4-8,10,15H,2-3,9H2,1H3,(H2,24,26)(H,27,29)(H,28,31)/t10-,15+/m0/s1. The van der Waals surface area contributed by atoms with E-state index in [2.05, 4.69) is 25.5 Å². The molecule has 0 radical (unpaired) electrons. The number of rotatable bonds is 2. The summed E-state index contributed by atoms with van der Waals surface area (Å²) < 4.78 is 39.4. The van der Waals surface area contributed by atoms with Crippen molar-refractivity contribution in [1.82, 2.24) is 25.1 Å². The van der Waals surface area contributed by atoms with Crippen LogP contribution in [-0.2, 0) is 15.8 Å². The highest BCUT2D eigenvalue weighted by molar-refractivity contribution is 6.40. The Hall–Kier alpha value is -3.70. The molecule has 168 valence electrons. The normalized spacial score (nSPS) is 19.2. The van der Waals surface area contributed by atoms with Crippen LogP contribution in [0.3, 0.4) is 0 Å². The van der Waals surface area contributed by atoms with Gasteiger partial charge >= 0.3 is 18.0 Å². The highest BCUT2D eigenvalue weighted by Gasteiger charge is 2.37. The summed E-state index contributed by atoms with van der Waals surface area (Å²) in [6, 6.07) is 0.278. The quantitative estimate of drug-likeness (QED) is 0.518. The number of amides is 2. The van der Waals surface area contributed by atoms with Crippen molar-refractivity contribution in [1.29, 1.82) is 0 Å². The van der Waals surface area contributed by atoms with E-state index in [0.717, 1.165) is 12.3 Å². The molecule has 4 heterocycles. The van der Waals surface area contributed by atoms with Crippen LogP contribution in [0.4, 0.5) is 24.7 Å². The van der Waals surface area contributed by atoms with Crippen LogP contribution >= 0.6 is 0 Å². The average molecular weight is 447 g/mol. The number of fused-ring (bicyclic) bond motifs is 1. The Bertz CT molecular complexity index is 1180. The van der Waals surface area contributed by atoms with Gasteiger partial charge in [0.1, 0.15) is 5.82 Å². The van der Waals surface area contributed by atoms with Crippen LogP contribution in [-0.4, -0.2) is 43.4 Å². The fraction of sp³-hybridized carbons (Fsp3) is 0.350. The third-order valence-corrected chi connectivity index (χ3v) is 5.51. The average Bonchev–Trinajstić information content (AvgIpc) is 3.26. The molecule has 1 fully saturated rings. The number of likely N-dealkylation sites (tertiary alicyclic amines) is 1. The number of halogens is 3. The Labute approximate surface area is 180 Å². The SMILES string of the molecule is C[C@H]1CC[C@H](c2cncc(C(F)(F)F)c2)N(C(=O)C(=O)Nc2cnc(N)c3cn[nH]c23)C1. The molecule has 0 unspecified atom stereocenters. The number of nitrogens with two attached hydrogens (primary N) is 1. The van der Waals surface area contributed by atoms with Crippen LogP contribution in [0.15, 0.2) is 30.9 Å². The lowest BCUT2D eigenvalue weighted by molar-refractivity contribution is -0.146. The van der Waals surface area contributed by atoms with Gasteiger partial charge in [0.05, 0.1) is 40.6 Å². The first-order valence-electron chi connectivity index (χ1n) is 9.86. The Kier molecular flexibility index (Phi) is 5.45. The summed E-state index contributed by atoms with van der Waals surface area (Å²) in [6.07, 6.45) is 1.32. The maximum atomic E-state index is 13.1. The van der Waals surface area contributed by atoms with Gasteiger partial charge < -0.3 is 16.0 Å². The van der Waals surface area contributed by atoms with Crippen molar-refractivity contribution < 1.29 is 22.8 Å². The second kappa shape index (κ2) is 8.09. The molecule has 1 aliphatic heterocycles. The number of H-pyrrole nitrogens is 1. The van der Waals surface area contributed by atoms with E-state index in [1.807, 2.05) is 6.92 Å². The Morgan fingerprint density at radius 2 is 2.00 bits per heavy atom. The number of hydrogen-bond donors (Lipinski definition) is 3. The van der Waals surface area contributed by atoms with Crippen molar-refractivity contribution in [2.75, 3.05) is 17.6 Å². The number of nitrogen functional groups attached to an aromatic ring is 1. The zero-order valence-corrected chi connectivity index (χ0v) is 17.0. The number of aromatic nitrogens is 4. The zero-order chi connectivity index (χ0) is 23.0. The van der Waals surface area contributed by atoms with Crippen LogP contribution < -0.4 is 11.1 Å². The van der Waals surface area contributed by atoms with Gasteiger partial charge in [0.15, 0.2) is 0 Å². The molecule has 32 heavy (non-hydrogen) atoms. The maximum absolute atomic E-state index is 13.1. The van der Waals surface area contributed by atoms with E-state index in [9.17, 15) is 22.8 Å². The van der Waals surface area contributed by atoms with E-state index in [1.54, 1.807) is 0 Å². The van der Waals surface area contributed by atoms with Crippen molar-refractivity contribution in [2.45, 2.75) is 32.0 Å². The second-order valence-corrected chi connectivity index (χ2v) is 7.83. The number of anilines is 2. The second-order valence-electron chi connectivity index (χ2n) is 7.83. The summed E-state index contributed by atoms with van der Waals surface area (Å²) in [5.41, 5.74) is 5.73. The van der Waals surface area contributed by atoms with Gasteiger partial charge in [-0.3, -0.25) is 19.7 Å². The van der Waals surface area contributed by atoms with Crippen molar-refractivity contribution in [2.24, 2.45) is 5.92 Å². The molecule has 0 aromatic carbocycles. The number of nitrogens with one attached hydrogen (secondary N) is 2. The molecule has 3 aromatic heterocycles. The summed E-state index contributed by atoms with van der Waals surface area (Å²) >= 11 is 0. The molecule has 12 heteroatoms. The summed E-state index contributed by atoms with van der Waals surface area (Å²) in [4.78, 5) is 34.8. The molecule has 2 atom stereocenters. The van der Waals surface area contributed by atoms with E-state index in [0.29, 0.717) is 23.7 Å². The van der Waals surface area contributed by atoms with Crippen molar-refractivity contribution in [3.63, 3.8) is 0 Å². The molecular weight excluding hydrogens is 427 g/mol. The molecule has 9 nitrogen and oxygen atoms in total. The summed E-state index contributed by atoms with van der Waals surface area (Å²) in [5, 5.41) is 9.54. The lowest BCUT2D eigenvalue weighted by atomic mass is 9.90. The highest BCUT2D eigenvalue weighted by Crippen LogP contribution is 2.36. The van der Waals surface area contributed by atoms with Crippen LogP contribution in [0.2, 0.25) is 0 Å². The van der Waals surface area contributed by atoms with Crippen LogP contribution in [0.5, 0.6) is 0 Å². The van der Waals surface area contributed by atoms with E-state index in [4.69, 9.17) is 5.73 Å². The third kappa shape index (κ3) is 4.07. The minimum Gasteiger partial charge on any atom is -0.383 e. The molecule has 4 N–H and O–H groups in total. The fourth-order valence-electron chi connectivity index (χ4n) is 3.87. The van der Waals surface area contributed by atoms with Crippen molar-refractivity contribution in [3.05, 3.63) is 42.0 Å². The number of aromatic amines is 1. The first-order valence-corrected chi connectivity index (χ1v) is 9.86. The van der Waals surface area contributed by atoms with Gasteiger partial charge in [-0.25, -0.2) is 4.98 Å². The number of carbonyl (C=O) groups is 2. The number of pyridine rings is 2. The van der Waals surface area contributed by atoms with Gasteiger partial charge in [-0.15, -0.1) is 0 Å². The van der Waals surface area contributed by atoms with Gasteiger partial charge in [0, 0.05) is 18.9 Å². The van der Waals surface area contributed by atoms with Gasteiger partial charge in [0.25, 0.3) is 0 Å². The maximum Gasteiger partial charge on any atom is 0.417 e. The topological polar surface area (TPSA) is 130 Å². The predicted octanol–water partition coefficient (Wildman–Crippen LogP) is 2.89. The van der Waals surface area contributed by atoms with Crippen LogP contribution in [0.25, 0.3) is 10.9 Å². The molecule has 0 bridgehead atoms. The largest absolute Gasteiger partial charge is 0.417 e. The van der Waals surface area contributed by atoms with Gasteiger partial charge in [-0.05, 0) is 30.4 Å². The minimum atomic E-state index is -4.56. The van der Waals surface area contributed by atoms with Crippen molar-refractivity contribution in [3.8, 4) is 0 Å². The number of alkyl halides is 3. The smallest absolute Gasteiger partial charge is 0.383 e. The molecule has 2 amide bonds. The predicted molar refractivity (Wildman–Crippen MR) is 109 cm³/mol. The molecule has 4 rings (SSSR count). The van der Waals surface area contributed by atoms with E-state index in [1.165, 1.54) is 23.5 Å². The van der Waals surface area contributed by atoms with Crippen molar-refractivity contribution >= 4 is 34.2 Å². The highest BCUT2D eigenvalue weighted by atomic mass is 19.4. The molecule has 0 saturated carbocycles. The van der Waals surface area contributed by atoms with Gasteiger partial charge in [-0.2, -0.15) is 18.3 Å². The summed E-state index contributed by atoms with van der Waals surface area (Å²) in [5.74, 6) is -1.51. The minimum absolute atomic E-state index is 0.0827. The Morgan fingerprint density at radius 3 is 2.75 bits per heavy atom. The van der Waals surface area contributed by atoms with Gasteiger partial charge in [0.2, 0.25) is 0 Å². The number of piperidine rings is 1. The molecule has 0 aliphatic carbocycles. The van der Waals surface area contributed by atoms with E-state index in [-0.39, 0.29) is 29.5 Å². The summed E-state index contributed by atoms with van der Waals surface area (Å²) in [7, 11) is 0. The molecule has 3 aromatic rings. The monoisotopic (exact) mass is 447 g/mol. The first-order chi connectivity index (χ1) is 15.1. The van der Waals surface area contributed by atoms with E-state index < -0.39 is 29.6 Å².